The number of fused-ring (bicyclic) bond motifs is 1. The molecule has 3 heteroatoms. The molecule has 0 aromatic carbocycles. The van der Waals surface area contributed by atoms with E-state index >= 15 is 0 Å². The monoisotopic (exact) mass is 209 g/mol. The van der Waals surface area contributed by atoms with E-state index in [9.17, 15) is 9.90 Å². The van der Waals surface area contributed by atoms with Gasteiger partial charge in [0.15, 0.2) is 0 Å². The molecule has 0 bridgehead atoms. The molecule has 0 spiro atoms. The van der Waals surface area contributed by atoms with Gasteiger partial charge in [0.05, 0.1) is 0 Å². The molecule has 0 aromatic rings. The summed E-state index contributed by atoms with van der Waals surface area (Å²) in [6.45, 7) is 2.35. The van der Waals surface area contributed by atoms with Crippen molar-refractivity contribution in [2.75, 3.05) is 6.61 Å². The van der Waals surface area contributed by atoms with Crippen molar-refractivity contribution in [1.29, 1.82) is 0 Å². The largest absolute Gasteiger partial charge is 0.396 e. The number of carbonyl (C=O) groups excluding carboxylic acids is 1. The number of hydrogen-bond acceptors (Lipinski definition) is 2. The molecule has 3 saturated carbocycles. The summed E-state index contributed by atoms with van der Waals surface area (Å²) in [5.74, 6) is 0.807. The molecule has 3 atom stereocenters. The van der Waals surface area contributed by atoms with Gasteiger partial charge in [0.2, 0.25) is 5.91 Å². The van der Waals surface area contributed by atoms with Crippen LogP contribution in [-0.4, -0.2) is 23.7 Å². The zero-order valence-electron chi connectivity index (χ0n) is 9.25. The Bertz CT molecular complexity index is 311. The van der Waals surface area contributed by atoms with Crippen LogP contribution in [0.5, 0.6) is 0 Å². The Morgan fingerprint density at radius 3 is 2.67 bits per heavy atom. The normalized spacial score (nSPS) is 44.7. The molecule has 0 radical (unpaired) electrons. The SMILES string of the molecule is CC1(C(=O)NC2CCC3(CO)CC23)CC1. The Balaban J connectivity index is 1.60. The first kappa shape index (κ1) is 9.64. The highest BCUT2D eigenvalue weighted by molar-refractivity contribution is 5.85. The lowest BCUT2D eigenvalue weighted by atomic mass is 10.1. The van der Waals surface area contributed by atoms with Crippen molar-refractivity contribution in [1.82, 2.24) is 5.32 Å². The average Bonchev–Trinajstić information content (AvgIpc) is 3.11. The van der Waals surface area contributed by atoms with Gasteiger partial charge in [-0.1, -0.05) is 6.92 Å². The van der Waals surface area contributed by atoms with Crippen LogP contribution in [0.1, 0.15) is 39.0 Å². The van der Waals surface area contributed by atoms with Gasteiger partial charge in [-0.15, -0.1) is 0 Å². The average molecular weight is 209 g/mol. The maximum absolute atomic E-state index is 11.9. The highest BCUT2D eigenvalue weighted by Gasteiger charge is 2.62. The number of amides is 1. The summed E-state index contributed by atoms with van der Waals surface area (Å²) in [5, 5.41) is 12.5. The Morgan fingerprint density at radius 1 is 1.47 bits per heavy atom. The van der Waals surface area contributed by atoms with Crippen molar-refractivity contribution in [3.05, 3.63) is 0 Å². The van der Waals surface area contributed by atoms with Crippen molar-refractivity contribution in [2.45, 2.75) is 45.1 Å². The quantitative estimate of drug-likeness (QED) is 0.730. The highest BCUT2D eigenvalue weighted by atomic mass is 16.3. The molecule has 3 nitrogen and oxygen atoms in total. The Labute approximate surface area is 90.2 Å². The van der Waals surface area contributed by atoms with Gasteiger partial charge in [0.25, 0.3) is 0 Å². The van der Waals surface area contributed by atoms with Crippen LogP contribution in [0, 0.1) is 16.7 Å². The minimum atomic E-state index is -0.0562. The summed E-state index contributed by atoms with van der Waals surface area (Å²) in [5.41, 5.74) is 0.141. The molecule has 0 saturated heterocycles. The van der Waals surface area contributed by atoms with Gasteiger partial charge in [-0.25, -0.2) is 0 Å². The first-order valence-corrected chi connectivity index (χ1v) is 6.02. The highest BCUT2D eigenvalue weighted by Crippen LogP contribution is 2.63. The van der Waals surface area contributed by atoms with Crippen LogP contribution in [0.2, 0.25) is 0 Å². The minimum absolute atomic E-state index is 0.0562. The fraction of sp³-hybridized carbons (Fsp3) is 0.917. The van der Waals surface area contributed by atoms with Crippen molar-refractivity contribution >= 4 is 5.91 Å². The third kappa shape index (κ3) is 1.32. The lowest BCUT2D eigenvalue weighted by Crippen LogP contribution is -2.39. The van der Waals surface area contributed by atoms with Gasteiger partial charge >= 0.3 is 0 Å². The maximum atomic E-state index is 11.9. The first-order valence-electron chi connectivity index (χ1n) is 6.02. The fourth-order valence-corrected chi connectivity index (χ4v) is 3.07. The van der Waals surface area contributed by atoms with Crippen LogP contribution in [0.15, 0.2) is 0 Å². The summed E-state index contributed by atoms with van der Waals surface area (Å²) in [4.78, 5) is 11.9. The molecule has 84 valence electrons. The topological polar surface area (TPSA) is 49.3 Å². The van der Waals surface area contributed by atoms with E-state index < -0.39 is 0 Å². The van der Waals surface area contributed by atoms with Crippen LogP contribution in [0.4, 0.5) is 0 Å². The Hall–Kier alpha value is -0.570. The van der Waals surface area contributed by atoms with E-state index in [1.807, 2.05) is 6.92 Å². The fourth-order valence-electron chi connectivity index (χ4n) is 3.07. The van der Waals surface area contributed by atoms with Crippen molar-refractivity contribution in [3.8, 4) is 0 Å². The summed E-state index contributed by atoms with van der Waals surface area (Å²) < 4.78 is 0. The lowest BCUT2D eigenvalue weighted by Gasteiger charge is -2.17. The standard InChI is InChI=1S/C12H19NO2/c1-11(4-5-11)10(15)13-9-2-3-12(7-14)6-8(9)12/h8-9,14H,2-7H2,1H3,(H,13,15). The van der Waals surface area contributed by atoms with E-state index in [-0.39, 0.29) is 16.7 Å². The van der Waals surface area contributed by atoms with E-state index in [1.54, 1.807) is 0 Å². The molecule has 3 aliphatic rings. The van der Waals surface area contributed by atoms with Crippen LogP contribution < -0.4 is 5.32 Å². The number of carbonyl (C=O) groups is 1. The summed E-state index contributed by atoms with van der Waals surface area (Å²) in [6, 6.07) is 0.349. The van der Waals surface area contributed by atoms with Crippen molar-refractivity contribution < 1.29 is 9.90 Å². The second kappa shape index (κ2) is 2.76. The zero-order chi connectivity index (χ0) is 10.7. The van der Waals surface area contributed by atoms with E-state index in [4.69, 9.17) is 0 Å². The van der Waals surface area contributed by atoms with Gasteiger partial charge in [0.1, 0.15) is 0 Å². The van der Waals surface area contributed by atoms with Gasteiger partial charge in [-0.2, -0.15) is 0 Å². The van der Waals surface area contributed by atoms with Crippen LogP contribution in [-0.2, 0) is 4.79 Å². The Kier molecular flexibility index (Phi) is 1.77. The molecule has 3 fully saturated rings. The molecule has 1 amide bonds. The van der Waals surface area contributed by atoms with Crippen LogP contribution in [0.25, 0.3) is 0 Å². The predicted octanol–water partition coefficient (Wildman–Crippen LogP) is 1.06. The molecule has 0 aromatic heterocycles. The third-order valence-corrected chi connectivity index (χ3v) is 4.87. The Morgan fingerprint density at radius 2 is 2.20 bits per heavy atom. The number of aliphatic hydroxyl groups is 1. The molecule has 2 N–H and O–H groups in total. The smallest absolute Gasteiger partial charge is 0.226 e. The van der Waals surface area contributed by atoms with Crippen LogP contribution in [0.3, 0.4) is 0 Å². The minimum Gasteiger partial charge on any atom is -0.396 e. The molecule has 0 heterocycles. The number of nitrogens with one attached hydrogen (secondary N) is 1. The van der Waals surface area contributed by atoms with Crippen LogP contribution >= 0.6 is 0 Å². The van der Waals surface area contributed by atoms with E-state index in [2.05, 4.69) is 5.32 Å². The summed E-state index contributed by atoms with van der Waals surface area (Å²) in [7, 11) is 0. The molecular formula is C12H19NO2. The lowest BCUT2D eigenvalue weighted by molar-refractivity contribution is -0.126. The second-order valence-electron chi connectivity index (χ2n) is 6.01. The van der Waals surface area contributed by atoms with E-state index in [0.717, 1.165) is 32.1 Å². The second-order valence-corrected chi connectivity index (χ2v) is 6.01. The number of hydrogen-bond donors (Lipinski definition) is 2. The molecule has 3 aliphatic carbocycles. The maximum Gasteiger partial charge on any atom is 0.226 e. The number of rotatable bonds is 3. The third-order valence-electron chi connectivity index (χ3n) is 4.87. The van der Waals surface area contributed by atoms with Gasteiger partial charge in [0, 0.05) is 18.1 Å². The number of aliphatic hydroxyl groups excluding tert-OH is 1. The summed E-state index contributed by atoms with van der Waals surface area (Å²) >= 11 is 0. The molecule has 15 heavy (non-hydrogen) atoms. The van der Waals surface area contributed by atoms with Gasteiger partial charge in [-0.05, 0) is 43.4 Å². The molecule has 3 unspecified atom stereocenters. The predicted molar refractivity (Wildman–Crippen MR) is 56.1 cm³/mol. The van der Waals surface area contributed by atoms with Gasteiger partial charge in [-0.3, -0.25) is 4.79 Å². The first-order chi connectivity index (χ1) is 7.10. The van der Waals surface area contributed by atoms with Crippen molar-refractivity contribution in [3.63, 3.8) is 0 Å². The van der Waals surface area contributed by atoms with Gasteiger partial charge < -0.3 is 10.4 Å². The zero-order valence-corrected chi connectivity index (χ0v) is 9.25. The van der Waals surface area contributed by atoms with E-state index in [0.29, 0.717) is 18.6 Å². The van der Waals surface area contributed by atoms with Crippen molar-refractivity contribution in [2.24, 2.45) is 16.7 Å². The molecule has 0 aliphatic heterocycles. The van der Waals surface area contributed by atoms with E-state index in [1.165, 1.54) is 0 Å². The molecular weight excluding hydrogens is 190 g/mol. The summed E-state index contributed by atoms with van der Waals surface area (Å²) in [6.07, 6.45) is 5.36. The molecule has 3 rings (SSSR count).